The van der Waals surface area contributed by atoms with Crippen LogP contribution in [0.1, 0.15) is 19.8 Å². The molecule has 0 spiro atoms. The van der Waals surface area contributed by atoms with Crippen LogP contribution in [0.4, 0.5) is 0 Å². The first-order chi connectivity index (χ1) is 4.68. The Bertz CT molecular complexity index is 138. The van der Waals surface area contributed by atoms with Gasteiger partial charge in [0.15, 0.2) is 0 Å². The van der Waals surface area contributed by atoms with E-state index in [4.69, 9.17) is 0 Å². The molecule has 0 aliphatic heterocycles. The summed E-state index contributed by atoms with van der Waals surface area (Å²) in [6.07, 6.45) is 1.69. The molecule has 4 nitrogen and oxygen atoms in total. The Morgan fingerprint density at radius 1 is 1.45 bits per heavy atom. The summed E-state index contributed by atoms with van der Waals surface area (Å²) in [5.74, 6) is -1.98. The number of amides is 1. The highest BCUT2D eigenvalue weighted by molar-refractivity contribution is 6.31. The van der Waals surface area contributed by atoms with E-state index in [2.05, 4.69) is 10.5 Å². The van der Waals surface area contributed by atoms with Gasteiger partial charge in [-0.25, -0.2) is 4.79 Å². The molecule has 0 fully saturated rings. The van der Waals surface area contributed by atoms with Gasteiger partial charge in [-0.1, -0.05) is 13.3 Å². The van der Waals surface area contributed by atoms with Gasteiger partial charge in [0.1, 0.15) is 0 Å². The Balaban J connectivity index is 0. The van der Waals surface area contributed by atoms with Gasteiger partial charge in [-0.3, -0.25) is 4.79 Å². The Kier molecular flexibility index (Phi) is 8.58. The number of nitrogens with two attached hydrogens (primary N) is 1. The van der Waals surface area contributed by atoms with Crippen molar-refractivity contribution in [3.63, 3.8) is 0 Å². The summed E-state index contributed by atoms with van der Waals surface area (Å²) in [6, 6.07) is 0. The summed E-state index contributed by atoms with van der Waals surface area (Å²) in [7, 11) is 0. The molecule has 11 heavy (non-hydrogen) atoms. The average molecular weight is 182 g/mol. The molecule has 0 aromatic carbocycles. The summed E-state index contributed by atoms with van der Waals surface area (Å²) in [4.78, 5) is 20.4. The van der Waals surface area contributed by atoms with Crippen molar-refractivity contribution in [1.29, 1.82) is 0 Å². The third-order valence-corrected chi connectivity index (χ3v) is 0.932. The first-order valence-electron chi connectivity index (χ1n) is 3.15. The van der Waals surface area contributed by atoms with Crippen LogP contribution >= 0.6 is 12.4 Å². The van der Waals surface area contributed by atoms with Crippen LogP contribution in [0, 0.1) is 0 Å². The zero-order valence-electron chi connectivity index (χ0n) is 6.33. The molecule has 0 saturated heterocycles. The van der Waals surface area contributed by atoms with E-state index in [0.717, 1.165) is 12.8 Å². The van der Waals surface area contributed by atoms with E-state index in [1.54, 1.807) is 0 Å². The number of ether oxygens (including phenoxy) is 1. The molecule has 0 saturated carbocycles. The third-order valence-electron chi connectivity index (χ3n) is 0.932. The molecule has 0 aromatic rings. The third kappa shape index (κ3) is 7.12. The number of hydrogen-bond acceptors (Lipinski definition) is 3. The summed E-state index contributed by atoms with van der Waals surface area (Å²) in [6.45, 7) is 2.23. The van der Waals surface area contributed by atoms with Gasteiger partial charge in [-0.15, -0.1) is 12.4 Å². The molecule has 0 aliphatic carbocycles. The normalized spacial score (nSPS) is 8.09. The Labute approximate surface area is 71.5 Å². The highest BCUT2D eigenvalue weighted by atomic mass is 35.5. The van der Waals surface area contributed by atoms with Crippen molar-refractivity contribution in [2.45, 2.75) is 19.8 Å². The number of unbranched alkanes of at least 4 members (excludes halogenated alkanes) is 1. The molecule has 5 heteroatoms. The second-order valence-corrected chi connectivity index (χ2v) is 1.85. The lowest BCUT2D eigenvalue weighted by Crippen LogP contribution is -2.25. The Morgan fingerprint density at radius 2 is 2.00 bits per heavy atom. The van der Waals surface area contributed by atoms with E-state index < -0.39 is 11.9 Å². The van der Waals surface area contributed by atoms with Crippen molar-refractivity contribution >= 4 is 24.3 Å². The van der Waals surface area contributed by atoms with Crippen LogP contribution in [-0.2, 0) is 14.3 Å². The van der Waals surface area contributed by atoms with Crippen molar-refractivity contribution in [2.24, 2.45) is 5.73 Å². The van der Waals surface area contributed by atoms with Crippen LogP contribution in [0.5, 0.6) is 0 Å². The molecule has 0 unspecified atom stereocenters. The van der Waals surface area contributed by atoms with Gasteiger partial charge in [0.2, 0.25) is 0 Å². The number of rotatable bonds is 3. The van der Waals surface area contributed by atoms with Crippen LogP contribution < -0.4 is 5.73 Å². The van der Waals surface area contributed by atoms with E-state index in [1.807, 2.05) is 6.92 Å². The lowest BCUT2D eigenvalue weighted by Gasteiger charge is -1.98. The van der Waals surface area contributed by atoms with E-state index in [1.165, 1.54) is 0 Å². The SMILES string of the molecule is CCCCOC(=O)C(N)=O.Cl. The van der Waals surface area contributed by atoms with E-state index in [-0.39, 0.29) is 19.0 Å². The number of hydrogen-bond donors (Lipinski definition) is 1. The fraction of sp³-hybridized carbons (Fsp3) is 0.667. The number of primary amides is 1. The fourth-order valence-electron chi connectivity index (χ4n) is 0.380. The van der Waals surface area contributed by atoms with E-state index in [9.17, 15) is 9.59 Å². The van der Waals surface area contributed by atoms with Gasteiger partial charge in [-0.2, -0.15) is 0 Å². The van der Waals surface area contributed by atoms with Crippen LogP contribution in [0.25, 0.3) is 0 Å². The minimum Gasteiger partial charge on any atom is -0.459 e. The highest BCUT2D eigenvalue weighted by Gasteiger charge is 2.08. The molecule has 1 amide bonds. The van der Waals surface area contributed by atoms with Crippen molar-refractivity contribution in [1.82, 2.24) is 0 Å². The molecule has 0 atom stereocenters. The van der Waals surface area contributed by atoms with Crippen molar-refractivity contribution in [3.05, 3.63) is 0 Å². The van der Waals surface area contributed by atoms with Crippen LogP contribution in [-0.4, -0.2) is 18.5 Å². The maximum Gasteiger partial charge on any atom is 0.396 e. The van der Waals surface area contributed by atoms with Gasteiger partial charge in [-0.05, 0) is 6.42 Å². The Morgan fingerprint density at radius 3 is 2.36 bits per heavy atom. The van der Waals surface area contributed by atoms with Crippen molar-refractivity contribution in [2.75, 3.05) is 6.61 Å². The van der Waals surface area contributed by atoms with Gasteiger partial charge in [0.05, 0.1) is 6.61 Å². The van der Waals surface area contributed by atoms with Crippen molar-refractivity contribution < 1.29 is 14.3 Å². The monoisotopic (exact) mass is 181 g/mol. The van der Waals surface area contributed by atoms with E-state index >= 15 is 0 Å². The molecule has 0 radical (unpaired) electrons. The average Bonchev–Trinajstić information content (AvgIpc) is 1.88. The Hall–Kier alpha value is -0.770. The predicted molar refractivity (Wildman–Crippen MR) is 42.3 cm³/mol. The minimum atomic E-state index is -1.03. The predicted octanol–water partition coefficient (Wildman–Crippen LogP) is 0.237. The summed E-state index contributed by atoms with van der Waals surface area (Å²) >= 11 is 0. The summed E-state index contributed by atoms with van der Waals surface area (Å²) in [5.41, 5.74) is 4.60. The molecule has 0 bridgehead atoms. The molecular weight excluding hydrogens is 170 g/mol. The largest absolute Gasteiger partial charge is 0.459 e. The second-order valence-electron chi connectivity index (χ2n) is 1.85. The smallest absolute Gasteiger partial charge is 0.396 e. The standard InChI is InChI=1S/C6H11NO3.ClH/c1-2-3-4-10-6(9)5(7)8;/h2-4H2,1H3,(H2,7,8);1H. The molecular formula is C6H12ClNO3. The molecule has 0 aromatic heterocycles. The number of halogens is 1. The maximum atomic E-state index is 10.3. The summed E-state index contributed by atoms with van der Waals surface area (Å²) in [5, 5.41) is 0. The first-order valence-corrected chi connectivity index (χ1v) is 3.15. The number of carbonyl (C=O) groups is 2. The maximum absolute atomic E-state index is 10.3. The molecule has 66 valence electrons. The van der Waals surface area contributed by atoms with Crippen LogP contribution in [0.3, 0.4) is 0 Å². The van der Waals surface area contributed by atoms with Crippen molar-refractivity contribution in [3.8, 4) is 0 Å². The van der Waals surface area contributed by atoms with Crippen LogP contribution in [0.2, 0.25) is 0 Å². The lowest BCUT2D eigenvalue weighted by molar-refractivity contribution is -0.153. The number of carbonyl (C=O) groups excluding carboxylic acids is 2. The molecule has 0 rings (SSSR count). The zero-order chi connectivity index (χ0) is 7.98. The fourth-order valence-corrected chi connectivity index (χ4v) is 0.380. The molecule has 0 aliphatic rings. The molecule has 0 heterocycles. The first kappa shape index (κ1) is 12.9. The number of esters is 1. The molecule has 2 N–H and O–H groups in total. The van der Waals surface area contributed by atoms with Gasteiger partial charge >= 0.3 is 11.9 Å². The summed E-state index contributed by atoms with van der Waals surface area (Å²) < 4.78 is 4.43. The lowest BCUT2D eigenvalue weighted by atomic mass is 10.4. The second kappa shape index (κ2) is 7.34. The highest BCUT2D eigenvalue weighted by Crippen LogP contribution is 1.87. The topological polar surface area (TPSA) is 69.4 Å². The van der Waals surface area contributed by atoms with E-state index in [0.29, 0.717) is 0 Å². The quantitative estimate of drug-likeness (QED) is 0.385. The van der Waals surface area contributed by atoms with Gasteiger partial charge < -0.3 is 10.5 Å². The van der Waals surface area contributed by atoms with Gasteiger partial charge in [0.25, 0.3) is 0 Å². The minimum absolute atomic E-state index is 0. The van der Waals surface area contributed by atoms with Gasteiger partial charge in [0, 0.05) is 0 Å². The zero-order valence-corrected chi connectivity index (χ0v) is 7.15. The van der Waals surface area contributed by atoms with Crippen LogP contribution in [0.15, 0.2) is 0 Å².